The van der Waals surface area contributed by atoms with Crippen molar-refractivity contribution in [2.75, 3.05) is 11.9 Å². The number of hydrogen-bond donors (Lipinski definition) is 2. The largest absolute Gasteiger partial charge is 0.394 e. The van der Waals surface area contributed by atoms with Gasteiger partial charge in [0.05, 0.1) is 18.5 Å². The molecule has 0 aliphatic heterocycles. The first-order valence-corrected chi connectivity index (χ1v) is 7.00. The minimum Gasteiger partial charge on any atom is -0.394 e. The van der Waals surface area contributed by atoms with Gasteiger partial charge in [-0.15, -0.1) is 0 Å². The molecule has 0 saturated carbocycles. The molecule has 0 saturated heterocycles. The van der Waals surface area contributed by atoms with E-state index in [1.807, 2.05) is 6.92 Å². The van der Waals surface area contributed by atoms with E-state index in [-0.39, 0.29) is 23.2 Å². The van der Waals surface area contributed by atoms with Crippen molar-refractivity contribution < 1.29 is 5.11 Å². The number of aliphatic hydroxyl groups excluding tert-OH is 1. The van der Waals surface area contributed by atoms with E-state index in [1.165, 1.54) is 4.68 Å². The molecule has 1 rings (SSSR count). The quantitative estimate of drug-likeness (QED) is 0.806. The Bertz CT molecular complexity index is 460. The van der Waals surface area contributed by atoms with E-state index in [0.717, 1.165) is 12.8 Å². The Morgan fingerprint density at radius 3 is 2.74 bits per heavy atom. The summed E-state index contributed by atoms with van der Waals surface area (Å²) in [6, 6.07) is -0.124. The van der Waals surface area contributed by atoms with Crippen LogP contribution in [0.1, 0.15) is 33.6 Å². The zero-order chi connectivity index (χ0) is 14.4. The highest BCUT2D eigenvalue weighted by atomic mass is 35.5. The van der Waals surface area contributed by atoms with E-state index in [0.29, 0.717) is 18.2 Å². The monoisotopic (exact) mass is 287 g/mol. The van der Waals surface area contributed by atoms with Crippen molar-refractivity contribution in [1.29, 1.82) is 0 Å². The van der Waals surface area contributed by atoms with Crippen LogP contribution in [0.4, 0.5) is 5.69 Å². The van der Waals surface area contributed by atoms with E-state index >= 15 is 0 Å². The molecular formula is C13H22ClN3O2. The molecule has 1 heterocycles. The molecule has 0 amide bonds. The maximum Gasteiger partial charge on any atom is 0.287 e. The summed E-state index contributed by atoms with van der Waals surface area (Å²) < 4.78 is 1.35. The lowest BCUT2D eigenvalue weighted by molar-refractivity contribution is 0.259. The smallest absolute Gasteiger partial charge is 0.287 e. The lowest BCUT2D eigenvalue weighted by atomic mass is 10.0. The molecule has 0 spiro atoms. The van der Waals surface area contributed by atoms with Crippen LogP contribution in [0.15, 0.2) is 11.0 Å². The van der Waals surface area contributed by atoms with Gasteiger partial charge in [0.15, 0.2) is 0 Å². The van der Waals surface area contributed by atoms with E-state index in [9.17, 15) is 9.90 Å². The summed E-state index contributed by atoms with van der Waals surface area (Å²) in [5.74, 6) is 0.442. The maximum atomic E-state index is 11.9. The van der Waals surface area contributed by atoms with Crippen molar-refractivity contribution in [3.05, 3.63) is 21.6 Å². The van der Waals surface area contributed by atoms with Crippen LogP contribution in [0.25, 0.3) is 0 Å². The van der Waals surface area contributed by atoms with Gasteiger partial charge in [0.2, 0.25) is 0 Å². The average molecular weight is 288 g/mol. The third-order valence-electron chi connectivity index (χ3n) is 2.76. The predicted molar refractivity (Wildman–Crippen MR) is 77.7 cm³/mol. The Hall–Kier alpha value is -1.07. The molecule has 1 aromatic rings. The SMILES string of the molecule is CCCn1ncc(NC(CO)CC(C)C)c(Cl)c1=O. The number of aliphatic hydroxyl groups is 1. The molecule has 0 aliphatic carbocycles. The van der Waals surface area contributed by atoms with Gasteiger partial charge in [0, 0.05) is 12.6 Å². The van der Waals surface area contributed by atoms with Crippen LogP contribution in [0, 0.1) is 5.92 Å². The second-order valence-corrected chi connectivity index (χ2v) is 5.43. The average Bonchev–Trinajstić information content (AvgIpc) is 2.37. The number of aryl methyl sites for hydroxylation is 1. The molecule has 1 aromatic heterocycles. The van der Waals surface area contributed by atoms with Crippen molar-refractivity contribution in [3.63, 3.8) is 0 Å². The molecule has 0 aromatic carbocycles. The van der Waals surface area contributed by atoms with E-state index in [1.54, 1.807) is 6.20 Å². The van der Waals surface area contributed by atoms with Gasteiger partial charge in [-0.2, -0.15) is 5.10 Å². The highest BCUT2D eigenvalue weighted by Crippen LogP contribution is 2.18. The minimum atomic E-state index is -0.297. The first-order valence-electron chi connectivity index (χ1n) is 6.62. The van der Waals surface area contributed by atoms with Gasteiger partial charge in [-0.3, -0.25) is 4.79 Å². The van der Waals surface area contributed by atoms with Gasteiger partial charge >= 0.3 is 0 Å². The van der Waals surface area contributed by atoms with Crippen molar-refractivity contribution in [1.82, 2.24) is 9.78 Å². The summed E-state index contributed by atoms with van der Waals surface area (Å²) in [6.45, 7) is 6.66. The fourth-order valence-electron chi connectivity index (χ4n) is 1.90. The van der Waals surface area contributed by atoms with Gasteiger partial charge in [-0.1, -0.05) is 32.4 Å². The van der Waals surface area contributed by atoms with Crippen LogP contribution >= 0.6 is 11.6 Å². The molecule has 1 atom stereocenters. The standard InChI is InChI=1S/C13H22ClN3O2/c1-4-5-17-13(19)12(14)11(7-15-17)16-10(8-18)6-9(2)3/h7,9-10,16,18H,4-6,8H2,1-3H3. The number of anilines is 1. The fourth-order valence-corrected chi connectivity index (χ4v) is 2.11. The summed E-state index contributed by atoms with van der Waals surface area (Å²) in [4.78, 5) is 11.9. The first-order chi connectivity index (χ1) is 8.99. The highest BCUT2D eigenvalue weighted by Gasteiger charge is 2.14. The second-order valence-electron chi connectivity index (χ2n) is 5.05. The summed E-state index contributed by atoms with van der Waals surface area (Å²) >= 11 is 6.05. The number of aromatic nitrogens is 2. The molecule has 19 heavy (non-hydrogen) atoms. The minimum absolute atomic E-state index is 0.00739. The van der Waals surface area contributed by atoms with Crippen molar-refractivity contribution in [3.8, 4) is 0 Å². The predicted octanol–water partition coefficient (Wildman–Crippen LogP) is 2.13. The van der Waals surface area contributed by atoms with Gasteiger partial charge in [0.25, 0.3) is 5.56 Å². The molecule has 0 bridgehead atoms. The lowest BCUT2D eigenvalue weighted by Gasteiger charge is -2.20. The van der Waals surface area contributed by atoms with E-state index < -0.39 is 0 Å². The van der Waals surface area contributed by atoms with Crippen molar-refractivity contribution in [2.45, 2.75) is 46.2 Å². The maximum absolute atomic E-state index is 11.9. The van der Waals surface area contributed by atoms with Gasteiger partial charge in [-0.25, -0.2) is 4.68 Å². The number of rotatable bonds is 7. The molecule has 2 N–H and O–H groups in total. The fraction of sp³-hybridized carbons (Fsp3) is 0.692. The number of nitrogens with zero attached hydrogens (tertiary/aromatic N) is 2. The lowest BCUT2D eigenvalue weighted by Crippen LogP contribution is -2.29. The molecule has 0 fully saturated rings. The van der Waals surface area contributed by atoms with E-state index in [4.69, 9.17) is 11.6 Å². The van der Waals surface area contributed by atoms with E-state index in [2.05, 4.69) is 24.3 Å². The number of hydrogen-bond acceptors (Lipinski definition) is 4. The molecule has 6 heteroatoms. The third kappa shape index (κ3) is 4.51. The Balaban J connectivity index is 2.90. The number of nitrogens with one attached hydrogen (secondary N) is 1. The molecule has 1 unspecified atom stereocenters. The summed E-state index contributed by atoms with van der Waals surface area (Å²) in [5.41, 5.74) is 0.188. The summed E-state index contributed by atoms with van der Waals surface area (Å²) in [7, 11) is 0. The van der Waals surface area contributed by atoms with Crippen molar-refractivity contribution >= 4 is 17.3 Å². The van der Waals surface area contributed by atoms with Gasteiger partial charge in [-0.05, 0) is 18.8 Å². The third-order valence-corrected chi connectivity index (χ3v) is 3.12. The normalized spacial score (nSPS) is 12.7. The summed E-state index contributed by atoms with van der Waals surface area (Å²) in [6.07, 6.45) is 3.16. The zero-order valence-electron chi connectivity index (χ0n) is 11.7. The van der Waals surface area contributed by atoms with Crippen LogP contribution in [0.5, 0.6) is 0 Å². The first kappa shape index (κ1) is 16.0. The summed E-state index contributed by atoms with van der Waals surface area (Å²) in [5, 5.41) is 16.6. The topological polar surface area (TPSA) is 67.2 Å². The Morgan fingerprint density at radius 1 is 1.53 bits per heavy atom. The van der Waals surface area contributed by atoms with Crippen LogP contribution in [0.2, 0.25) is 5.02 Å². The van der Waals surface area contributed by atoms with Crippen LogP contribution < -0.4 is 10.9 Å². The van der Waals surface area contributed by atoms with Gasteiger partial charge < -0.3 is 10.4 Å². The molecule has 108 valence electrons. The molecule has 5 nitrogen and oxygen atoms in total. The van der Waals surface area contributed by atoms with Crippen molar-refractivity contribution in [2.24, 2.45) is 5.92 Å². The van der Waals surface area contributed by atoms with Crippen LogP contribution in [0.3, 0.4) is 0 Å². The Labute approximate surface area is 118 Å². The second kappa shape index (κ2) is 7.50. The number of halogens is 1. The van der Waals surface area contributed by atoms with Gasteiger partial charge in [0.1, 0.15) is 5.02 Å². The zero-order valence-corrected chi connectivity index (χ0v) is 12.4. The molecule has 0 radical (unpaired) electrons. The Morgan fingerprint density at radius 2 is 2.21 bits per heavy atom. The molecular weight excluding hydrogens is 266 g/mol. The van der Waals surface area contributed by atoms with Crippen LogP contribution in [-0.2, 0) is 6.54 Å². The highest BCUT2D eigenvalue weighted by molar-refractivity contribution is 6.32. The van der Waals surface area contributed by atoms with Crippen LogP contribution in [-0.4, -0.2) is 27.5 Å². The Kier molecular flexibility index (Phi) is 6.31. The molecule has 0 aliphatic rings.